The highest BCUT2D eigenvalue weighted by atomic mass is 28.4. The molecule has 0 atom stereocenters. The van der Waals surface area contributed by atoms with Crippen molar-refractivity contribution in [3.63, 3.8) is 0 Å². The van der Waals surface area contributed by atoms with Crippen LogP contribution in [0.5, 0.6) is 0 Å². The molecular weight excluding hydrogens is 223 g/mol. The van der Waals surface area contributed by atoms with Crippen LogP contribution in [-0.2, 0) is 0 Å². The maximum Gasteiger partial charge on any atom is 0.400 e. The third-order valence-electron chi connectivity index (χ3n) is 1.96. The van der Waals surface area contributed by atoms with E-state index < -0.39 is 29.2 Å². The number of hydrogen-bond acceptors (Lipinski definition) is 1. The molecule has 0 aliphatic carbocycles. The summed E-state index contributed by atoms with van der Waals surface area (Å²) in [5.74, 6) is 0. The zero-order valence-electron chi connectivity index (χ0n) is 9.79. The summed E-state index contributed by atoms with van der Waals surface area (Å²) in [4.78, 5) is 0. The Hall–Kier alpha value is 0.184. The minimum Gasteiger partial charge on any atom is -0.338 e. The summed E-state index contributed by atoms with van der Waals surface area (Å²) in [6.45, 7) is 11.1. The Balaban J connectivity index is 4.78. The topological polar surface area (TPSA) is 3.24 Å². The predicted molar refractivity (Wildman–Crippen MR) is 59.5 cm³/mol. The molecule has 0 bridgehead atoms. The molecule has 0 radical (unpaired) electrons. The Kier molecular flexibility index (Phi) is 4.03. The lowest BCUT2D eigenvalue weighted by atomic mass is 10.7. The molecule has 0 aromatic carbocycles. The number of halogens is 3. The van der Waals surface area contributed by atoms with E-state index in [4.69, 9.17) is 0 Å². The fourth-order valence-electron chi connectivity index (χ4n) is 1.66. The molecule has 86 valence electrons. The number of alkyl halides is 3. The first-order chi connectivity index (χ1) is 5.84. The molecule has 0 amide bonds. The van der Waals surface area contributed by atoms with E-state index >= 15 is 0 Å². The Morgan fingerprint density at radius 1 is 0.857 bits per heavy atom. The monoisotopic (exact) mass is 243 g/mol. The molecular formula is C8H20F3NSi2. The van der Waals surface area contributed by atoms with Crippen molar-refractivity contribution in [2.75, 3.05) is 6.54 Å². The van der Waals surface area contributed by atoms with Crippen LogP contribution in [0.1, 0.15) is 0 Å². The van der Waals surface area contributed by atoms with Crippen LogP contribution in [0, 0.1) is 0 Å². The predicted octanol–water partition coefficient (Wildman–Crippen LogP) is 3.52. The van der Waals surface area contributed by atoms with Crippen LogP contribution >= 0.6 is 0 Å². The van der Waals surface area contributed by atoms with Crippen LogP contribution in [0.2, 0.25) is 39.3 Å². The van der Waals surface area contributed by atoms with E-state index in [-0.39, 0.29) is 0 Å². The van der Waals surface area contributed by atoms with Gasteiger partial charge in [0, 0.05) is 0 Å². The Labute approximate surface area is 86.5 Å². The average Bonchev–Trinajstić information content (AvgIpc) is 1.75. The molecule has 0 aromatic rings. The van der Waals surface area contributed by atoms with Gasteiger partial charge in [0.2, 0.25) is 0 Å². The van der Waals surface area contributed by atoms with Crippen LogP contribution < -0.4 is 0 Å². The van der Waals surface area contributed by atoms with Crippen molar-refractivity contribution in [3.8, 4) is 0 Å². The van der Waals surface area contributed by atoms with Crippen LogP contribution in [0.25, 0.3) is 0 Å². The fourth-order valence-corrected chi connectivity index (χ4v) is 11.0. The molecule has 0 saturated carbocycles. The highest BCUT2D eigenvalue weighted by Crippen LogP contribution is 2.26. The smallest absolute Gasteiger partial charge is 0.338 e. The van der Waals surface area contributed by atoms with Gasteiger partial charge in [0.25, 0.3) is 0 Å². The van der Waals surface area contributed by atoms with Crippen molar-refractivity contribution in [1.29, 1.82) is 0 Å². The van der Waals surface area contributed by atoms with Gasteiger partial charge in [-0.25, -0.2) is 0 Å². The van der Waals surface area contributed by atoms with Crippen molar-refractivity contribution in [1.82, 2.24) is 4.23 Å². The zero-order chi connectivity index (χ0) is 11.8. The van der Waals surface area contributed by atoms with Crippen molar-refractivity contribution < 1.29 is 13.2 Å². The van der Waals surface area contributed by atoms with Gasteiger partial charge in [0.15, 0.2) is 0 Å². The van der Waals surface area contributed by atoms with Gasteiger partial charge < -0.3 is 4.23 Å². The van der Waals surface area contributed by atoms with Crippen molar-refractivity contribution in [2.24, 2.45) is 0 Å². The molecule has 0 N–H and O–H groups in total. The van der Waals surface area contributed by atoms with E-state index in [9.17, 15) is 13.2 Å². The largest absolute Gasteiger partial charge is 0.400 e. The van der Waals surface area contributed by atoms with Crippen molar-refractivity contribution >= 4 is 16.5 Å². The van der Waals surface area contributed by atoms with Gasteiger partial charge in [0.05, 0.1) is 6.54 Å². The molecule has 0 heterocycles. The van der Waals surface area contributed by atoms with Crippen LogP contribution in [-0.4, -0.2) is 33.4 Å². The lowest BCUT2D eigenvalue weighted by Gasteiger charge is -2.43. The Bertz CT molecular complexity index is 176. The maximum absolute atomic E-state index is 12.4. The molecule has 0 fully saturated rings. The van der Waals surface area contributed by atoms with E-state index in [0.29, 0.717) is 0 Å². The molecule has 0 aliphatic rings. The van der Waals surface area contributed by atoms with E-state index in [0.717, 1.165) is 0 Å². The molecule has 14 heavy (non-hydrogen) atoms. The number of hydrogen-bond donors (Lipinski definition) is 0. The lowest BCUT2D eigenvalue weighted by Crippen LogP contribution is -2.61. The van der Waals surface area contributed by atoms with E-state index in [2.05, 4.69) is 0 Å². The molecule has 0 aromatic heterocycles. The van der Waals surface area contributed by atoms with E-state index in [1.165, 1.54) is 0 Å². The quantitative estimate of drug-likeness (QED) is 0.686. The maximum atomic E-state index is 12.4. The van der Waals surface area contributed by atoms with Gasteiger partial charge in [0.1, 0.15) is 16.5 Å². The third kappa shape index (κ3) is 5.16. The summed E-state index contributed by atoms with van der Waals surface area (Å²) in [7, 11) is -3.71. The standard InChI is InChI=1S/C8H20F3NSi2/c1-13(2,3)12(14(4,5)6)7-8(9,10)11/h7H2,1-6H3. The second kappa shape index (κ2) is 3.98. The van der Waals surface area contributed by atoms with Gasteiger partial charge in [-0.15, -0.1) is 0 Å². The second-order valence-electron chi connectivity index (χ2n) is 5.54. The Morgan fingerprint density at radius 2 is 1.14 bits per heavy atom. The lowest BCUT2D eigenvalue weighted by molar-refractivity contribution is -0.131. The highest BCUT2D eigenvalue weighted by molar-refractivity contribution is 6.89. The second-order valence-corrected chi connectivity index (χ2v) is 15.8. The van der Waals surface area contributed by atoms with Gasteiger partial charge in [-0.2, -0.15) is 13.2 Å². The molecule has 0 unspecified atom stereocenters. The molecule has 0 aliphatic heterocycles. The van der Waals surface area contributed by atoms with Crippen LogP contribution in [0.15, 0.2) is 0 Å². The van der Waals surface area contributed by atoms with Gasteiger partial charge in [-0.05, 0) is 0 Å². The first-order valence-electron chi connectivity index (χ1n) is 4.68. The van der Waals surface area contributed by atoms with Gasteiger partial charge >= 0.3 is 6.18 Å². The summed E-state index contributed by atoms with van der Waals surface area (Å²) in [5.41, 5.74) is 0. The van der Waals surface area contributed by atoms with Crippen LogP contribution in [0.4, 0.5) is 13.2 Å². The van der Waals surface area contributed by atoms with Gasteiger partial charge in [-0.3, -0.25) is 0 Å². The van der Waals surface area contributed by atoms with Crippen molar-refractivity contribution in [3.05, 3.63) is 0 Å². The summed E-state index contributed by atoms with van der Waals surface area (Å²) in [6.07, 6.45) is -4.07. The highest BCUT2D eigenvalue weighted by Gasteiger charge is 2.41. The van der Waals surface area contributed by atoms with Crippen molar-refractivity contribution in [2.45, 2.75) is 45.5 Å². The van der Waals surface area contributed by atoms with Gasteiger partial charge in [-0.1, -0.05) is 39.3 Å². The van der Waals surface area contributed by atoms with E-state index in [1.54, 1.807) is 4.23 Å². The zero-order valence-corrected chi connectivity index (χ0v) is 11.8. The minimum absolute atomic E-state index is 0.738. The Morgan fingerprint density at radius 3 is 1.21 bits per heavy atom. The number of nitrogens with zero attached hydrogens (tertiary/aromatic N) is 1. The minimum atomic E-state index is -4.07. The molecule has 0 spiro atoms. The molecule has 6 heteroatoms. The average molecular weight is 243 g/mol. The van der Waals surface area contributed by atoms with Crippen LogP contribution in [0.3, 0.4) is 0 Å². The summed E-state index contributed by atoms with van der Waals surface area (Å²) >= 11 is 0. The molecule has 0 saturated heterocycles. The molecule has 0 rings (SSSR count). The fraction of sp³-hybridized carbons (Fsp3) is 1.00. The molecule has 1 nitrogen and oxygen atoms in total. The van der Waals surface area contributed by atoms with E-state index in [1.807, 2.05) is 39.3 Å². The normalized spacial score (nSPS) is 15.0. The number of rotatable bonds is 3. The SMILES string of the molecule is C[Si](C)(C)N(CC(F)(F)F)[Si](C)(C)C. The summed E-state index contributed by atoms with van der Waals surface area (Å²) in [5, 5.41) is 0. The summed E-state index contributed by atoms with van der Waals surface area (Å²) < 4.78 is 38.8. The summed E-state index contributed by atoms with van der Waals surface area (Å²) in [6, 6.07) is 0. The first-order valence-corrected chi connectivity index (χ1v) is 11.6. The first kappa shape index (κ1) is 14.2. The third-order valence-corrected chi connectivity index (χ3v) is 9.54.